The largest absolute Gasteiger partial charge is 1.00 e. The van der Waals surface area contributed by atoms with Crippen molar-refractivity contribution in [2.24, 2.45) is 5.92 Å². The summed E-state index contributed by atoms with van der Waals surface area (Å²) in [5.74, 6) is -1.75. The fraction of sp³-hybridized carbons (Fsp3) is 0.500. The van der Waals surface area contributed by atoms with Gasteiger partial charge in [-0.2, -0.15) is 0 Å². The number of aromatic hydroxyl groups is 1. The first-order chi connectivity index (χ1) is 12.3. The average molecular weight is 387 g/mol. The second kappa shape index (κ2) is 10.7. The van der Waals surface area contributed by atoms with Crippen molar-refractivity contribution in [3.05, 3.63) is 29.8 Å². The number of phenols is 1. The van der Waals surface area contributed by atoms with Crippen LogP contribution in [0.3, 0.4) is 0 Å². The van der Waals surface area contributed by atoms with Gasteiger partial charge in [0, 0.05) is 6.54 Å². The van der Waals surface area contributed by atoms with Gasteiger partial charge in [0.15, 0.2) is 12.2 Å². The zero-order valence-corrected chi connectivity index (χ0v) is 17.8. The molecule has 1 saturated heterocycles. The summed E-state index contributed by atoms with van der Waals surface area (Å²) in [6.07, 6.45) is -1.15. The summed E-state index contributed by atoms with van der Waals surface area (Å²) in [7, 11) is 0. The molecule has 3 atom stereocenters. The molecule has 9 heteroatoms. The first kappa shape index (κ1) is 23.4. The van der Waals surface area contributed by atoms with Crippen molar-refractivity contribution in [1.82, 2.24) is 10.6 Å². The molecule has 1 aromatic carbocycles. The normalized spacial score (nSPS) is 18.9. The summed E-state index contributed by atoms with van der Waals surface area (Å²) in [6.45, 7) is 4.23. The summed E-state index contributed by atoms with van der Waals surface area (Å²) >= 11 is 0. The fourth-order valence-corrected chi connectivity index (χ4v) is 2.57. The van der Waals surface area contributed by atoms with Crippen LogP contribution in [0.5, 0.6) is 5.75 Å². The van der Waals surface area contributed by atoms with E-state index in [1.807, 2.05) is 13.8 Å². The molecule has 0 unspecified atom stereocenters. The number of aliphatic carboxylic acids is 1. The molecule has 1 aromatic rings. The van der Waals surface area contributed by atoms with Gasteiger partial charge in [-0.1, -0.05) is 26.0 Å². The smallest absolute Gasteiger partial charge is 0.508 e. The fourth-order valence-electron chi connectivity index (χ4n) is 2.57. The Bertz CT molecular complexity index is 664. The molecule has 8 nitrogen and oxygen atoms in total. The molecule has 0 spiro atoms. The van der Waals surface area contributed by atoms with Crippen LogP contribution in [0.15, 0.2) is 24.3 Å². The number of carboxylic acids is 1. The Morgan fingerprint density at radius 3 is 2.30 bits per heavy atom. The summed E-state index contributed by atoms with van der Waals surface area (Å²) in [6, 6.07) is 5.94. The quantitative estimate of drug-likeness (QED) is 0.273. The molecule has 0 aromatic heterocycles. The summed E-state index contributed by atoms with van der Waals surface area (Å²) in [5, 5.41) is 23.4. The van der Waals surface area contributed by atoms with E-state index in [-0.39, 0.29) is 47.1 Å². The first-order valence-corrected chi connectivity index (χ1v) is 8.52. The second-order valence-electron chi connectivity index (χ2n) is 6.71. The minimum Gasteiger partial charge on any atom is -0.508 e. The number of carboxylic acid groups (broad SMARTS) is 1. The number of nitrogens with one attached hydrogen (secondary N) is 2. The van der Waals surface area contributed by atoms with E-state index in [1.165, 1.54) is 0 Å². The Kier molecular flexibility index (Phi) is 9.25. The van der Waals surface area contributed by atoms with E-state index in [9.17, 15) is 19.5 Å². The van der Waals surface area contributed by atoms with Crippen LogP contribution in [0.25, 0.3) is 0 Å². The van der Waals surface area contributed by atoms with E-state index in [1.54, 1.807) is 24.3 Å². The molecule has 27 heavy (non-hydrogen) atoms. The second-order valence-corrected chi connectivity index (χ2v) is 6.71. The van der Waals surface area contributed by atoms with Crippen molar-refractivity contribution in [3.8, 4) is 5.75 Å². The molecule has 1 aliphatic heterocycles. The number of hydrogen-bond donors (Lipinski definition) is 4. The van der Waals surface area contributed by atoms with Crippen molar-refractivity contribution in [1.29, 1.82) is 0 Å². The molecular weight excluding hydrogens is 363 g/mol. The molecule has 4 N–H and O–H groups in total. The maximum Gasteiger partial charge on any atom is 1.00 e. The Labute approximate surface area is 180 Å². The van der Waals surface area contributed by atoms with E-state index in [0.29, 0.717) is 19.4 Å². The average Bonchev–Trinajstić information content (AvgIpc) is 3.36. The molecule has 0 saturated carbocycles. The van der Waals surface area contributed by atoms with Crippen molar-refractivity contribution in [2.45, 2.75) is 44.9 Å². The Hall–Kier alpha value is -1.61. The van der Waals surface area contributed by atoms with Gasteiger partial charge in [0.05, 0.1) is 0 Å². The number of ether oxygens (including phenoxy) is 1. The number of amides is 2. The van der Waals surface area contributed by atoms with Gasteiger partial charge in [-0.15, -0.1) is 0 Å². The number of epoxide rings is 1. The minimum absolute atomic E-state index is 0. The van der Waals surface area contributed by atoms with Gasteiger partial charge < -0.3 is 25.6 Å². The molecule has 1 fully saturated rings. The zero-order chi connectivity index (χ0) is 19.3. The standard InChI is InChI=1S/C18H24N2O6.Na/c1-10(2)9-13(20-17(23)14-15(26-14)18(24)25)16(22)19-8-7-11-3-5-12(21)6-4-11;/h3-6,10,13-15,21H,7-9H2,1-2H3,(H,19,22)(H,20,23)(H,24,25);/q;+1/t13-,14-,15-;/m0./s1. The van der Waals surface area contributed by atoms with E-state index in [4.69, 9.17) is 9.84 Å². The third-order valence-corrected chi connectivity index (χ3v) is 3.98. The number of carbonyl (C=O) groups is 3. The Morgan fingerprint density at radius 1 is 1.15 bits per heavy atom. The van der Waals surface area contributed by atoms with Gasteiger partial charge in [-0.25, -0.2) is 4.79 Å². The molecule has 142 valence electrons. The summed E-state index contributed by atoms with van der Waals surface area (Å²) in [4.78, 5) is 35.2. The molecule has 0 bridgehead atoms. The van der Waals surface area contributed by atoms with E-state index < -0.39 is 30.1 Å². The van der Waals surface area contributed by atoms with Crippen LogP contribution in [0.2, 0.25) is 0 Å². The molecule has 1 heterocycles. The summed E-state index contributed by atoms with van der Waals surface area (Å²) < 4.78 is 4.81. The van der Waals surface area contributed by atoms with Gasteiger partial charge >= 0.3 is 35.5 Å². The molecule has 0 radical (unpaired) electrons. The van der Waals surface area contributed by atoms with Gasteiger partial charge in [0.2, 0.25) is 5.91 Å². The Morgan fingerprint density at radius 2 is 1.78 bits per heavy atom. The predicted molar refractivity (Wildman–Crippen MR) is 92.5 cm³/mol. The van der Waals surface area contributed by atoms with Gasteiger partial charge in [0.25, 0.3) is 5.91 Å². The monoisotopic (exact) mass is 387 g/mol. The van der Waals surface area contributed by atoms with Crippen molar-refractivity contribution in [3.63, 3.8) is 0 Å². The van der Waals surface area contributed by atoms with E-state index >= 15 is 0 Å². The molecular formula is C18H24N2NaO6+. The third kappa shape index (κ3) is 7.50. The van der Waals surface area contributed by atoms with Crippen LogP contribution in [-0.2, 0) is 25.5 Å². The van der Waals surface area contributed by atoms with Gasteiger partial charge in [-0.3, -0.25) is 9.59 Å². The predicted octanol–water partition coefficient (Wildman–Crippen LogP) is -2.56. The minimum atomic E-state index is -1.19. The number of carbonyl (C=O) groups excluding carboxylic acids is 2. The van der Waals surface area contributed by atoms with Crippen molar-refractivity contribution in [2.75, 3.05) is 6.54 Å². The third-order valence-electron chi connectivity index (χ3n) is 3.98. The van der Waals surface area contributed by atoms with E-state index in [0.717, 1.165) is 5.56 Å². The number of phenolic OH excluding ortho intramolecular Hbond substituents is 1. The molecule has 1 aliphatic rings. The van der Waals surface area contributed by atoms with Crippen LogP contribution < -0.4 is 40.2 Å². The van der Waals surface area contributed by atoms with Crippen molar-refractivity contribution >= 4 is 17.8 Å². The van der Waals surface area contributed by atoms with Crippen LogP contribution in [0.1, 0.15) is 25.8 Å². The Balaban J connectivity index is 0.00000364. The maximum absolute atomic E-state index is 12.4. The maximum atomic E-state index is 12.4. The van der Waals surface area contributed by atoms with E-state index in [2.05, 4.69) is 10.6 Å². The molecule has 2 rings (SSSR count). The molecule has 2 amide bonds. The summed E-state index contributed by atoms with van der Waals surface area (Å²) in [5.41, 5.74) is 0.961. The molecule has 0 aliphatic carbocycles. The topological polar surface area (TPSA) is 128 Å². The van der Waals surface area contributed by atoms with Crippen LogP contribution in [0.4, 0.5) is 0 Å². The number of benzene rings is 1. The first-order valence-electron chi connectivity index (χ1n) is 8.52. The number of rotatable bonds is 9. The van der Waals surface area contributed by atoms with Crippen LogP contribution >= 0.6 is 0 Å². The number of hydrogen-bond acceptors (Lipinski definition) is 5. The van der Waals surface area contributed by atoms with Gasteiger partial charge in [-0.05, 0) is 36.5 Å². The van der Waals surface area contributed by atoms with Crippen molar-refractivity contribution < 1.29 is 58.9 Å². The van der Waals surface area contributed by atoms with Gasteiger partial charge in [0.1, 0.15) is 11.8 Å². The SMILES string of the molecule is CC(C)C[C@H](NC(=O)[C@H]1O[C@@H]1C(=O)O)C(=O)NCCc1ccc(O)cc1.[Na+]. The van der Waals surface area contributed by atoms with Crippen LogP contribution in [-0.4, -0.2) is 52.8 Å². The zero-order valence-electron chi connectivity index (χ0n) is 15.8. The van der Waals surface area contributed by atoms with Crippen LogP contribution in [0, 0.1) is 5.92 Å².